The topological polar surface area (TPSA) is 134 Å². The maximum absolute atomic E-state index is 15.7. The Kier molecular flexibility index (Phi) is 10.4. The van der Waals surface area contributed by atoms with Gasteiger partial charge in [0.1, 0.15) is 23.4 Å². The van der Waals surface area contributed by atoms with Crippen LogP contribution in [0.3, 0.4) is 0 Å². The van der Waals surface area contributed by atoms with Gasteiger partial charge in [0.15, 0.2) is 0 Å². The molecule has 4 aromatic carbocycles. The third-order valence-electron chi connectivity index (χ3n) is 12.7. The van der Waals surface area contributed by atoms with Crippen LogP contribution in [-0.2, 0) is 9.59 Å². The van der Waals surface area contributed by atoms with E-state index in [1.807, 2.05) is 24.3 Å². The van der Waals surface area contributed by atoms with Gasteiger partial charge in [-0.3, -0.25) is 34.3 Å². The number of phenolic OH excluding ortho intramolecular Hbond substituents is 2. The van der Waals surface area contributed by atoms with Crippen molar-refractivity contribution in [2.24, 2.45) is 5.92 Å². The number of allylic oxidation sites excluding steroid dienone is 1. The fourth-order valence-corrected chi connectivity index (χ4v) is 10.00. The third-order valence-corrected chi connectivity index (χ3v) is 12.9. The summed E-state index contributed by atoms with van der Waals surface area (Å²) in [5.41, 5.74) is 6.58. The second-order valence-corrected chi connectivity index (χ2v) is 16.7. The summed E-state index contributed by atoms with van der Waals surface area (Å²) >= 11 is 6.34. The van der Waals surface area contributed by atoms with Crippen molar-refractivity contribution in [3.8, 4) is 11.5 Å². The predicted octanol–water partition coefficient (Wildman–Crippen LogP) is 6.41. The molecule has 11 nitrogen and oxygen atoms in total. The Balaban J connectivity index is 0.832. The molecule has 3 unspecified atom stereocenters. The average molecular weight is 818 g/mol. The van der Waals surface area contributed by atoms with Crippen LogP contribution in [0, 0.1) is 11.7 Å². The lowest BCUT2D eigenvalue weighted by Gasteiger charge is -2.58. The Morgan fingerprint density at radius 2 is 1.34 bits per heavy atom. The molecule has 0 radical (unpaired) electrons. The van der Waals surface area contributed by atoms with Crippen molar-refractivity contribution in [1.82, 2.24) is 15.1 Å². The number of benzene rings is 4. The molecule has 0 aliphatic carbocycles. The number of amides is 4. The highest BCUT2D eigenvalue weighted by Crippen LogP contribution is 2.42. The van der Waals surface area contributed by atoms with Crippen LogP contribution in [0.5, 0.6) is 11.5 Å². The van der Waals surface area contributed by atoms with E-state index in [0.29, 0.717) is 23.9 Å². The summed E-state index contributed by atoms with van der Waals surface area (Å²) in [6, 6.07) is 24.7. The van der Waals surface area contributed by atoms with Gasteiger partial charge in [0.05, 0.1) is 16.8 Å². The lowest BCUT2D eigenvalue weighted by atomic mass is 9.85. The predicted molar refractivity (Wildman–Crippen MR) is 223 cm³/mol. The van der Waals surface area contributed by atoms with E-state index in [1.54, 1.807) is 24.3 Å². The number of hydrogen-bond acceptors (Lipinski definition) is 9. The number of halogens is 2. The first-order chi connectivity index (χ1) is 28.6. The normalized spacial score (nSPS) is 22.6. The second-order valence-electron chi connectivity index (χ2n) is 16.3. The van der Waals surface area contributed by atoms with Crippen molar-refractivity contribution in [2.75, 3.05) is 48.4 Å². The van der Waals surface area contributed by atoms with Crippen LogP contribution in [-0.4, -0.2) is 100 Å². The van der Waals surface area contributed by atoms with Crippen LogP contribution in [0.15, 0.2) is 84.9 Å². The molecule has 6 heterocycles. The number of hydrogen-bond donors (Lipinski definition) is 3. The average Bonchev–Trinajstić information content (AvgIpc) is 3.46. The molecule has 304 valence electrons. The number of nitrogens with zero attached hydrogens (tertiary/aromatic N) is 4. The quantitative estimate of drug-likeness (QED) is 0.0945. The van der Waals surface area contributed by atoms with E-state index in [4.69, 9.17) is 11.6 Å². The van der Waals surface area contributed by atoms with Gasteiger partial charge in [0, 0.05) is 62.8 Å². The molecule has 4 aromatic rings. The largest absolute Gasteiger partial charge is 0.508 e. The zero-order valence-electron chi connectivity index (χ0n) is 32.4. The summed E-state index contributed by atoms with van der Waals surface area (Å²) in [6.07, 6.45) is 3.73. The number of alkyl halides is 1. The standard InChI is InChI=1S/C46H45ClFN5O6/c47-18-15-36(28-3-9-34(54)10-4-28)43(30-5-11-35(55)12-6-30)29-1-7-31(8-2-29)51-19-16-27(17-20-51)24-50-25-32-21-33(26-50)52(32)41-23-38-37(22-39(41)48)45(58)53(46(38)59)40-13-14-42(56)49-44(40)57/h1-12,22-23,27,32-33,40,54-55H,13-21,24-26H2,(H,49,56,57). The zero-order valence-corrected chi connectivity index (χ0v) is 33.2. The Bertz CT molecular complexity index is 2330. The minimum atomic E-state index is -1.10. The van der Waals surface area contributed by atoms with Crippen LogP contribution >= 0.6 is 11.6 Å². The smallest absolute Gasteiger partial charge is 0.262 e. The Morgan fingerprint density at radius 3 is 1.93 bits per heavy atom. The number of aromatic hydroxyl groups is 2. The van der Waals surface area contributed by atoms with Crippen LogP contribution < -0.4 is 15.1 Å². The zero-order chi connectivity index (χ0) is 40.9. The monoisotopic (exact) mass is 817 g/mol. The van der Waals surface area contributed by atoms with Crippen LogP contribution in [0.25, 0.3) is 11.1 Å². The van der Waals surface area contributed by atoms with Crippen molar-refractivity contribution in [3.63, 3.8) is 0 Å². The molecule has 13 heteroatoms. The van der Waals surface area contributed by atoms with Crippen LogP contribution in [0.4, 0.5) is 15.8 Å². The summed E-state index contributed by atoms with van der Waals surface area (Å²) in [5.74, 6) is -1.68. The van der Waals surface area contributed by atoms with Gasteiger partial charge in [-0.2, -0.15) is 0 Å². The van der Waals surface area contributed by atoms with Crippen LogP contribution in [0.2, 0.25) is 0 Å². The minimum Gasteiger partial charge on any atom is -0.508 e. The lowest BCUT2D eigenvalue weighted by Crippen LogP contribution is -2.69. The maximum Gasteiger partial charge on any atom is 0.262 e. The fraction of sp³-hybridized carbons (Fsp3) is 0.348. The molecule has 10 rings (SSSR count). The number of imide groups is 2. The molecular formula is C46H45ClFN5O6. The molecule has 5 saturated heterocycles. The number of carbonyl (C=O) groups excluding carboxylic acids is 4. The third kappa shape index (κ3) is 7.33. The van der Waals surface area contributed by atoms with Crippen LogP contribution in [0.1, 0.15) is 75.9 Å². The van der Waals surface area contributed by atoms with E-state index < -0.39 is 35.5 Å². The molecule has 5 fully saturated rings. The van der Waals surface area contributed by atoms with Crippen molar-refractivity contribution in [2.45, 2.75) is 56.7 Å². The Hall–Kier alpha value is -5.72. The number of piperazine rings is 1. The minimum absolute atomic E-state index is 0.0217. The van der Waals surface area contributed by atoms with E-state index in [0.717, 1.165) is 96.5 Å². The number of fused-ring (bicyclic) bond motifs is 3. The van der Waals surface area contributed by atoms with E-state index in [-0.39, 0.29) is 47.6 Å². The van der Waals surface area contributed by atoms with Gasteiger partial charge in [-0.25, -0.2) is 4.39 Å². The van der Waals surface area contributed by atoms with E-state index in [9.17, 15) is 29.4 Å². The molecule has 3 atom stereocenters. The highest BCUT2D eigenvalue weighted by atomic mass is 35.5. The lowest BCUT2D eigenvalue weighted by molar-refractivity contribution is -0.136. The summed E-state index contributed by atoms with van der Waals surface area (Å²) in [6.45, 7) is 4.42. The SMILES string of the molecule is O=C1CCC(N2C(=O)c3cc(F)c(N4C5CC4CN(CC4CCN(c6ccc(C(=C(CCCl)c7ccc(O)cc7)c7ccc(O)cc7)cc6)CC4)C5)cc3C2=O)C(=O)N1. The van der Waals surface area contributed by atoms with Gasteiger partial charge < -0.3 is 20.0 Å². The number of carbonyl (C=O) groups is 4. The first kappa shape index (κ1) is 38.8. The Morgan fingerprint density at radius 1 is 0.763 bits per heavy atom. The molecule has 6 aliphatic heterocycles. The second kappa shape index (κ2) is 15.8. The fourth-order valence-electron chi connectivity index (χ4n) is 9.81. The molecule has 2 bridgehead atoms. The van der Waals surface area contributed by atoms with E-state index in [2.05, 4.69) is 44.3 Å². The van der Waals surface area contributed by atoms with Gasteiger partial charge in [-0.15, -0.1) is 11.6 Å². The molecule has 6 aliphatic rings. The van der Waals surface area contributed by atoms with Gasteiger partial charge >= 0.3 is 0 Å². The van der Waals surface area contributed by atoms with Crippen molar-refractivity contribution >= 4 is 57.8 Å². The summed E-state index contributed by atoms with van der Waals surface area (Å²) in [5, 5.41) is 22.2. The van der Waals surface area contributed by atoms with E-state index in [1.165, 1.54) is 6.07 Å². The van der Waals surface area contributed by atoms with Gasteiger partial charge in [0.2, 0.25) is 11.8 Å². The number of piperidine rings is 3. The molecule has 0 aromatic heterocycles. The molecule has 59 heavy (non-hydrogen) atoms. The molecular weight excluding hydrogens is 773 g/mol. The summed E-state index contributed by atoms with van der Waals surface area (Å²) in [7, 11) is 0. The van der Waals surface area contributed by atoms with Crippen molar-refractivity contribution in [1.29, 1.82) is 0 Å². The summed E-state index contributed by atoms with van der Waals surface area (Å²) in [4.78, 5) is 58.6. The highest BCUT2D eigenvalue weighted by Gasteiger charge is 2.49. The molecule has 0 spiro atoms. The molecule has 4 amide bonds. The van der Waals surface area contributed by atoms with Crippen molar-refractivity contribution < 1.29 is 33.8 Å². The number of anilines is 2. The highest BCUT2D eigenvalue weighted by molar-refractivity contribution is 6.24. The summed E-state index contributed by atoms with van der Waals surface area (Å²) < 4.78 is 15.7. The van der Waals surface area contributed by atoms with Gasteiger partial charge in [-0.05, 0) is 114 Å². The van der Waals surface area contributed by atoms with E-state index >= 15 is 4.39 Å². The number of phenols is 2. The van der Waals surface area contributed by atoms with Gasteiger partial charge in [0.25, 0.3) is 11.8 Å². The van der Waals surface area contributed by atoms with Gasteiger partial charge in [-0.1, -0.05) is 36.4 Å². The number of nitrogens with one attached hydrogen (secondary N) is 1. The first-order valence-electron chi connectivity index (χ1n) is 20.4. The molecule has 0 saturated carbocycles. The Labute approximate surface area is 346 Å². The molecule has 3 N–H and O–H groups in total. The number of rotatable bonds is 10. The van der Waals surface area contributed by atoms with Crippen molar-refractivity contribution in [3.05, 3.63) is 119 Å². The maximum atomic E-state index is 15.7. The first-order valence-corrected chi connectivity index (χ1v) is 20.9.